The highest BCUT2D eigenvalue weighted by Crippen LogP contribution is 2.22. The zero-order chi connectivity index (χ0) is 17.7. The fourth-order valence-electron chi connectivity index (χ4n) is 2.61. The van der Waals surface area contributed by atoms with Gasteiger partial charge in [-0.3, -0.25) is 0 Å². The Balaban J connectivity index is 1.87. The molecule has 2 rings (SSSR count). The van der Waals surface area contributed by atoms with Gasteiger partial charge < -0.3 is 14.8 Å². The van der Waals surface area contributed by atoms with Crippen LogP contribution in [0.15, 0.2) is 48.5 Å². The summed E-state index contributed by atoms with van der Waals surface area (Å²) in [5.74, 6) is 1.89. The van der Waals surface area contributed by atoms with E-state index in [1.165, 1.54) is 24.8 Å². The first-order valence-electron chi connectivity index (χ1n) is 9.51. The second-order valence-corrected chi connectivity index (χ2v) is 6.25. The van der Waals surface area contributed by atoms with E-state index in [4.69, 9.17) is 9.47 Å². The summed E-state index contributed by atoms with van der Waals surface area (Å²) >= 11 is 0. The van der Waals surface area contributed by atoms with Crippen LogP contribution in [0, 0.1) is 0 Å². The predicted octanol–water partition coefficient (Wildman–Crippen LogP) is 6.05. The van der Waals surface area contributed by atoms with E-state index in [0.29, 0.717) is 0 Å². The molecule has 0 heterocycles. The third-order valence-corrected chi connectivity index (χ3v) is 4.02. The molecule has 0 unspecified atom stereocenters. The van der Waals surface area contributed by atoms with Crippen LogP contribution in [0.2, 0.25) is 0 Å². The summed E-state index contributed by atoms with van der Waals surface area (Å²) in [6, 6.07) is 16.4. The molecule has 0 fully saturated rings. The van der Waals surface area contributed by atoms with Crippen molar-refractivity contribution in [1.82, 2.24) is 0 Å². The van der Waals surface area contributed by atoms with Crippen molar-refractivity contribution in [2.24, 2.45) is 0 Å². The predicted molar refractivity (Wildman–Crippen MR) is 106 cm³/mol. The van der Waals surface area contributed by atoms with Crippen LogP contribution in [0.25, 0.3) is 0 Å². The summed E-state index contributed by atoms with van der Waals surface area (Å²) in [4.78, 5) is 0. The van der Waals surface area contributed by atoms with Crippen molar-refractivity contribution < 1.29 is 9.47 Å². The minimum absolute atomic E-state index is 0.738. The van der Waals surface area contributed by atoms with Crippen LogP contribution in [-0.4, -0.2) is 13.2 Å². The fourth-order valence-corrected chi connectivity index (χ4v) is 2.61. The normalized spacial score (nSPS) is 10.5. The van der Waals surface area contributed by atoms with Crippen molar-refractivity contribution in [2.75, 3.05) is 18.5 Å². The summed E-state index contributed by atoms with van der Waals surface area (Å²) in [6.45, 7) is 6.61. The Morgan fingerprint density at radius 1 is 0.800 bits per heavy atom. The minimum atomic E-state index is 0.738. The minimum Gasteiger partial charge on any atom is -0.494 e. The Labute approximate surface area is 152 Å². The molecule has 0 spiro atoms. The summed E-state index contributed by atoms with van der Waals surface area (Å²) in [6.07, 6.45) is 5.90. The molecule has 25 heavy (non-hydrogen) atoms. The number of benzene rings is 2. The number of nitrogens with one attached hydrogen (secondary N) is 1. The highest BCUT2D eigenvalue weighted by molar-refractivity contribution is 5.49. The van der Waals surface area contributed by atoms with Gasteiger partial charge in [0.25, 0.3) is 0 Å². The zero-order valence-corrected chi connectivity index (χ0v) is 15.6. The molecule has 3 heteroatoms. The number of para-hydroxylation sites is 1. The zero-order valence-electron chi connectivity index (χ0n) is 15.6. The lowest BCUT2D eigenvalue weighted by molar-refractivity contribution is 0.302. The number of rotatable bonds is 12. The quantitative estimate of drug-likeness (QED) is 0.477. The van der Waals surface area contributed by atoms with E-state index in [0.717, 1.165) is 49.8 Å². The van der Waals surface area contributed by atoms with Gasteiger partial charge in [-0.25, -0.2) is 0 Å². The van der Waals surface area contributed by atoms with Crippen molar-refractivity contribution in [2.45, 2.75) is 52.5 Å². The van der Waals surface area contributed by atoms with Crippen molar-refractivity contribution >= 4 is 5.69 Å². The Kier molecular flexibility index (Phi) is 8.74. The molecule has 1 N–H and O–H groups in total. The monoisotopic (exact) mass is 341 g/mol. The summed E-state index contributed by atoms with van der Waals surface area (Å²) in [5, 5.41) is 3.47. The SMILES string of the molecule is CCCCCCOc1ccccc1CNc1cccc(OCCC)c1. The number of hydrogen-bond donors (Lipinski definition) is 1. The number of unbranched alkanes of at least 4 members (excludes halogenated alkanes) is 3. The fraction of sp³-hybridized carbons (Fsp3) is 0.455. The van der Waals surface area contributed by atoms with Crippen molar-refractivity contribution in [1.29, 1.82) is 0 Å². The van der Waals surface area contributed by atoms with E-state index in [1.807, 2.05) is 24.3 Å². The lowest BCUT2D eigenvalue weighted by atomic mass is 10.2. The maximum atomic E-state index is 5.98. The standard InChI is InChI=1S/C22H31NO2/c1-3-5-6-9-16-25-22-14-8-7-11-19(22)18-23-20-12-10-13-21(17-20)24-15-4-2/h7-8,10-14,17,23H,3-6,9,15-16,18H2,1-2H3. The van der Waals surface area contributed by atoms with E-state index < -0.39 is 0 Å². The van der Waals surface area contributed by atoms with Gasteiger partial charge in [0.2, 0.25) is 0 Å². The highest BCUT2D eigenvalue weighted by atomic mass is 16.5. The van der Waals surface area contributed by atoms with E-state index in [1.54, 1.807) is 0 Å². The van der Waals surface area contributed by atoms with Crippen molar-refractivity contribution in [3.8, 4) is 11.5 Å². The van der Waals surface area contributed by atoms with Gasteiger partial charge in [0, 0.05) is 23.9 Å². The summed E-state index contributed by atoms with van der Waals surface area (Å²) < 4.78 is 11.7. The van der Waals surface area contributed by atoms with Gasteiger partial charge in [0.1, 0.15) is 11.5 Å². The van der Waals surface area contributed by atoms with Gasteiger partial charge in [-0.15, -0.1) is 0 Å². The van der Waals surface area contributed by atoms with Crippen LogP contribution in [0.5, 0.6) is 11.5 Å². The van der Waals surface area contributed by atoms with Crippen LogP contribution < -0.4 is 14.8 Å². The highest BCUT2D eigenvalue weighted by Gasteiger charge is 2.04. The van der Waals surface area contributed by atoms with Gasteiger partial charge >= 0.3 is 0 Å². The summed E-state index contributed by atoms with van der Waals surface area (Å²) in [5.41, 5.74) is 2.24. The molecule has 0 saturated heterocycles. The van der Waals surface area contributed by atoms with E-state index >= 15 is 0 Å². The van der Waals surface area contributed by atoms with Crippen molar-refractivity contribution in [3.63, 3.8) is 0 Å². The molecule has 0 aliphatic rings. The first-order valence-corrected chi connectivity index (χ1v) is 9.51. The molecule has 0 bridgehead atoms. The number of hydrogen-bond acceptors (Lipinski definition) is 3. The largest absolute Gasteiger partial charge is 0.494 e. The number of ether oxygens (including phenoxy) is 2. The van der Waals surface area contributed by atoms with E-state index in [9.17, 15) is 0 Å². The molecule has 0 aromatic heterocycles. The molecule has 0 amide bonds. The lowest BCUT2D eigenvalue weighted by Crippen LogP contribution is -2.05. The van der Waals surface area contributed by atoms with Crippen LogP contribution in [-0.2, 0) is 6.54 Å². The Bertz CT molecular complexity index is 612. The average Bonchev–Trinajstić information content (AvgIpc) is 2.65. The number of anilines is 1. The average molecular weight is 341 g/mol. The molecular formula is C22H31NO2. The Morgan fingerprint density at radius 3 is 2.52 bits per heavy atom. The van der Waals surface area contributed by atoms with Gasteiger partial charge in [0.15, 0.2) is 0 Å². The molecule has 0 aliphatic heterocycles. The molecular weight excluding hydrogens is 310 g/mol. The van der Waals surface area contributed by atoms with Crippen LogP contribution in [0.1, 0.15) is 51.5 Å². The Morgan fingerprint density at radius 2 is 1.68 bits per heavy atom. The van der Waals surface area contributed by atoms with E-state index in [-0.39, 0.29) is 0 Å². The topological polar surface area (TPSA) is 30.5 Å². The van der Waals surface area contributed by atoms with Gasteiger partial charge in [-0.2, -0.15) is 0 Å². The lowest BCUT2D eigenvalue weighted by Gasteiger charge is -2.13. The van der Waals surface area contributed by atoms with Crippen LogP contribution in [0.4, 0.5) is 5.69 Å². The van der Waals surface area contributed by atoms with Crippen LogP contribution >= 0.6 is 0 Å². The third-order valence-electron chi connectivity index (χ3n) is 4.02. The first kappa shape index (κ1) is 19.2. The summed E-state index contributed by atoms with van der Waals surface area (Å²) in [7, 11) is 0. The van der Waals surface area contributed by atoms with Gasteiger partial charge in [0.05, 0.1) is 13.2 Å². The molecule has 0 saturated carbocycles. The second-order valence-electron chi connectivity index (χ2n) is 6.25. The van der Waals surface area contributed by atoms with Crippen LogP contribution in [0.3, 0.4) is 0 Å². The Hall–Kier alpha value is -2.16. The van der Waals surface area contributed by atoms with E-state index in [2.05, 4.69) is 43.4 Å². The van der Waals surface area contributed by atoms with Gasteiger partial charge in [-0.1, -0.05) is 57.4 Å². The maximum Gasteiger partial charge on any atom is 0.124 e. The van der Waals surface area contributed by atoms with Crippen molar-refractivity contribution in [3.05, 3.63) is 54.1 Å². The molecule has 136 valence electrons. The molecule has 2 aromatic rings. The molecule has 2 aromatic carbocycles. The smallest absolute Gasteiger partial charge is 0.124 e. The third kappa shape index (κ3) is 7.08. The maximum absolute atomic E-state index is 5.98. The molecule has 0 atom stereocenters. The van der Waals surface area contributed by atoms with Gasteiger partial charge in [-0.05, 0) is 31.0 Å². The molecule has 0 aliphatic carbocycles. The second kappa shape index (κ2) is 11.4. The first-order chi connectivity index (χ1) is 12.3. The molecule has 3 nitrogen and oxygen atoms in total. The molecule has 0 radical (unpaired) electrons.